The SMILES string of the molecule is CCN(CC)c1ccnc(C(=O)NCc2ccncc2)c1. The molecule has 0 aromatic carbocycles. The van der Waals surface area contributed by atoms with Gasteiger partial charge in [0.2, 0.25) is 0 Å². The molecule has 0 atom stereocenters. The van der Waals surface area contributed by atoms with Gasteiger partial charge in [0.25, 0.3) is 5.91 Å². The van der Waals surface area contributed by atoms with E-state index in [2.05, 4.69) is 34.0 Å². The van der Waals surface area contributed by atoms with Crippen LogP contribution in [0.5, 0.6) is 0 Å². The molecular weight excluding hydrogens is 264 g/mol. The lowest BCUT2D eigenvalue weighted by molar-refractivity contribution is 0.0946. The minimum absolute atomic E-state index is 0.166. The summed E-state index contributed by atoms with van der Waals surface area (Å²) in [5, 5.41) is 2.87. The third-order valence-electron chi connectivity index (χ3n) is 3.31. The van der Waals surface area contributed by atoms with Crippen molar-refractivity contribution in [2.45, 2.75) is 20.4 Å². The Morgan fingerprint density at radius 2 is 1.86 bits per heavy atom. The van der Waals surface area contributed by atoms with Crippen molar-refractivity contribution in [3.63, 3.8) is 0 Å². The van der Waals surface area contributed by atoms with Crippen molar-refractivity contribution in [3.8, 4) is 0 Å². The van der Waals surface area contributed by atoms with E-state index in [0.717, 1.165) is 24.3 Å². The second-order valence-corrected chi connectivity index (χ2v) is 4.61. The summed E-state index contributed by atoms with van der Waals surface area (Å²) in [5.41, 5.74) is 2.47. The summed E-state index contributed by atoms with van der Waals surface area (Å²) in [5.74, 6) is -0.166. The van der Waals surface area contributed by atoms with E-state index in [-0.39, 0.29) is 5.91 Å². The lowest BCUT2D eigenvalue weighted by Gasteiger charge is -2.21. The zero-order chi connectivity index (χ0) is 15.1. The van der Waals surface area contributed by atoms with Gasteiger partial charge >= 0.3 is 0 Å². The van der Waals surface area contributed by atoms with E-state index in [1.807, 2.05) is 24.3 Å². The van der Waals surface area contributed by atoms with E-state index in [0.29, 0.717) is 12.2 Å². The van der Waals surface area contributed by atoms with E-state index >= 15 is 0 Å². The summed E-state index contributed by atoms with van der Waals surface area (Å²) in [4.78, 5) is 22.4. The lowest BCUT2D eigenvalue weighted by atomic mass is 10.2. The van der Waals surface area contributed by atoms with Crippen LogP contribution in [0.2, 0.25) is 0 Å². The topological polar surface area (TPSA) is 58.1 Å². The molecule has 0 radical (unpaired) electrons. The van der Waals surface area contributed by atoms with Crippen molar-refractivity contribution < 1.29 is 4.79 Å². The molecule has 1 N–H and O–H groups in total. The van der Waals surface area contributed by atoms with Gasteiger partial charge in [-0.15, -0.1) is 0 Å². The van der Waals surface area contributed by atoms with Crippen LogP contribution in [0.1, 0.15) is 29.9 Å². The normalized spacial score (nSPS) is 10.2. The van der Waals surface area contributed by atoms with Crippen LogP contribution in [0.3, 0.4) is 0 Å². The van der Waals surface area contributed by atoms with E-state index in [1.54, 1.807) is 18.6 Å². The Morgan fingerprint density at radius 1 is 1.14 bits per heavy atom. The van der Waals surface area contributed by atoms with Crippen molar-refractivity contribution in [1.82, 2.24) is 15.3 Å². The molecule has 2 aromatic heterocycles. The maximum absolute atomic E-state index is 12.2. The number of anilines is 1. The van der Waals surface area contributed by atoms with Gasteiger partial charge in [0.15, 0.2) is 0 Å². The van der Waals surface area contributed by atoms with Gasteiger partial charge in [0.1, 0.15) is 5.69 Å². The van der Waals surface area contributed by atoms with Gasteiger partial charge in [0.05, 0.1) is 0 Å². The highest BCUT2D eigenvalue weighted by molar-refractivity contribution is 5.93. The highest BCUT2D eigenvalue weighted by Gasteiger charge is 2.10. The first-order valence-electron chi connectivity index (χ1n) is 7.12. The Morgan fingerprint density at radius 3 is 2.52 bits per heavy atom. The van der Waals surface area contributed by atoms with Gasteiger partial charge in [-0.25, -0.2) is 0 Å². The first-order valence-corrected chi connectivity index (χ1v) is 7.12. The van der Waals surface area contributed by atoms with Crippen LogP contribution >= 0.6 is 0 Å². The van der Waals surface area contributed by atoms with Gasteiger partial charge in [-0.2, -0.15) is 0 Å². The molecule has 0 aliphatic carbocycles. The number of rotatable bonds is 6. The Labute approximate surface area is 125 Å². The number of pyridine rings is 2. The van der Waals surface area contributed by atoms with Crippen molar-refractivity contribution in [1.29, 1.82) is 0 Å². The minimum atomic E-state index is -0.166. The molecule has 1 amide bonds. The maximum atomic E-state index is 12.2. The molecule has 0 saturated heterocycles. The monoisotopic (exact) mass is 284 g/mol. The first kappa shape index (κ1) is 15.0. The smallest absolute Gasteiger partial charge is 0.270 e. The number of carbonyl (C=O) groups excluding carboxylic acids is 1. The number of hydrogen-bond acceptors (Lipinski definition) is 4. The van der Waals surface area contributed by atoms with Crippen LogP contribution < -0.4 is 10.2 Å². The molecule has 5 nitrogen and oxygen atoms in total. The van der Waals surface area contributed by atoms with Gasteiger partial charge in [-0.3, -0.25) is 14.8 Å². The van der Waals surface area contributed by atoms with E-state index in [9.17, 15) is 4.79 Å². The molecule has 0 aliphatic heterocycles. The summed E-state index contributed by atoms with van der Waals surface area (Å²) in [6, 6.07) is 7.50. The predicted molar refractivity (Wildman–Crippen MR) is 83.2 cm³/mol. The molecule has 110 valence electrons. The van der Waals surface area contributed by atoms with E-state index in [1.165, 1.54) is 0 Å². The zero-order valence-electron chi connectivity index (χ0n) is 12.4. The quantitative estimate of drug-likeness (QED) is 0.884. The highest BCUT2D eigenvalue weighted by Crippen LogP contribution is 2.14. The van der Waals surface area contributed by atoms with Crippen LogP contribution in [-0.4, -0.2) is 29.0 Å². The average Bonchev–Trinajstić information content (AvgIpc) is 2.55. The predicted octanol–water partition coefficient (Wildman–Crippen LogP) is 2.25. The molecule has 0 fully saturated rings. The van der Waals surface area contributed by atoms with Crippen LogP contribution in [0.4, 0.5) is 5.69 Å². The molecule has 2 heterocycles. The summed E-state index contributed by atoms with van der Waals surface area (Å²) in [7, 11) is 0. The summed E-state index contributed by atoms with van der Waals surface area (Å²) in [6.45, 7) is 6.45. The molecule has 0 aliphatic rings. The molecule has 2 aromatic rings. The number of nitrogens with one attached hydrogen (secondary N) is 1. The van der Waals surface area contributed by atoms with Crippen LogP contribution in [0, 0.1) is 0 Å². The standard InChI is InChI=1S/C16H20N4O/c1-3-20(4-2)14-7-10-18-15(11-14)16(21)19-12-13-5-8-17-9-6-13/h5-11H,3-4,12H2,1-2H3,(H,19,21). The number of carbonyl (C=O) groups is 1. The second kappa shape index (κ2) is 7.38. The fraction of sp³-hybridized carbons (Fsp3) is 0.312. The Kier molecular flexibility index (Phi) is 5.26. The Bertz CT molecular complexity index is 582. The zero-order valence-corrected chi connectivity index (χ0v) is 12.4. The van der Waals surface area contributed by atoms with Crippen molar-refractivity contribution >= 4 is 11.6 Å². The second-order valence-electron chi connectivity index (χ2n) is 4.61. The maximum Gasteiger partial charge on any atom is 0.270 e. The van der Waals surface area contributed by atoms with Crippen LogP contribution in [-0.2, 0) is 6.54 Å². The van der Waals surface area contributed by atoms with Crippen molar-refractivity contribution in [2.75, 3.05) is 18.0 Å². The van der Waals surface area contributed by atoms with Crippen molar-refractivity contribution in [3.05, 3.63) is 54.1 Å². The van der Waals surface area contributed by atoms with E-state index in [4.69, 9.17) is 0 Å². The van der Waals surface area contributed by atoms with Gasteiger partial charge in [0, 0.05) is 43.9 Å². The van der Waals surface area contributed by atoms with Crippen molar-refractivity contribution in [2.24, 2.45) is 0 Å². The molecule has 0 unspecified atom stereocenters. The fourth-order valence-corrected chi connectivity index (χ4v) is 2.10. The average molecular weight is 284 g/mol. The molecule has 0 spiro atoms. The summed E-state index contributed by atoms with van der Waals surface area (Å²) < 4.78 is 0. The third-order valence-corrected chi connectivity index (χ3v) is 3.31. The van der Waals surface area contributed by atoms with E-state index < -0.39 is 0 Å². The molecule has 0 bridgehead atoms. The summed E-state index contributed by atoms with van der Waals surface area (Å²) in [6.07, 6.45) is 5.09. The van der Waals surface area contributed by atoms with Gasteiger partial charge in [-0.05, 0) is 43.7 Å². The third kappa shape index (κ3) is 4.02. The lowest BCUT2D eigenvalue weighted by Crippen LogP contribution is -2.25. The number of amides is 1. The molecule has 2 rings (SSSR count). The molecule has 21 heavy (non-hydrogen) atoms. The number of aromatic nitrogens is 2. The fourth-order valence-electron chi connectivity index (χ4n) is 2.10. The van der Waals surface area contributed by atoms with Crippen LogP contribution in [0.25, 0.3) is 0 Å². The van der Waals surface area contributed by atoms with Gasteiger partial charge < -0.3 is 10.2 Å². The Hall–Kier alpha value is -2.43. The van der Waals surface area contributed by atoms with Gasteiger partial charge in [-0.1, -0.05) is 0 Å². The number of nitrogens with zero attached hydrogens (tertiary/aromatic N) is 3. The van der Waals surface area contributed by atoms with Crippen LogP contribution in [0.15, 0.2) is 42.9 Å². The molecule has 0 saturated carbocycles. The Balaban J connectivity index is 2.04. The largest absolute Gasteiger partial charge is 0.372 e. The molecular formula is C16H20N4O. The highest BCUT2D eigenvalue weighted by atomic mass is 16.1. The first-order chi connectivity index (χ1) is 10.2. The number of hydrogen-bond donors (Lipinski definition) is 1. The molecule has 5 heteroatoms. The minimum Gasteiger partial charge on any atom is -0.372 e. The summed E-state index contributed by atoms with van der Waals surface area (Å²) >= 11 is 0.